The molecule has 0 saturated carbocycles. The number of aromatic nitrogens is 1. The molecule has 0 unspecified atom stereocenters. The van der Waals surface area contributed by atoms with Gasteiger partial charge in [-0.3, -0.25) is 9.59 Å². The van der Waals surface area contributed by atoms with Gasteiger partial charge in [0.15, 0.2) is 0 Å². The van der Waals surface area contributed by atoms with Crippen molar-refractivity contribution in [2.75, 3.05) is 31.5 Å². The zero-order valence-corrected chi connectivity index (χ0v) is 20.7. The zero-order chi connectivity index (χ0) is 25.3. The van der Waals surface area contributed by atoms with E-state index in [0.29, 0.717) is 24.5 Å². The average molecular weight is 509 g/mol. The fraction of sp³-hybridized carbons (Fsp3) is 0.500. The number of amides is 2. The van der Waals surface area contributed by atoms with Crippen LogP contribution in [-0.2, 0) is 14.8 Å². The zero-order valence-electron chi connectivity index (χ0n) is 19.9. The fourth-order valence-corrected chi connectivity index (χ4v) is 6.79. The van der Waals surface area contributed by atoms with Crippen LogP contribution in [0.1, 0.15) is 53.8 Å². The van der Waals surface area contributed by atoms with E-state index in [9.17, 15) is 26.8 Å². The standard InChI is InChI=1S/C24H30F2N4O4S/c1-15-21(24(32)29-10-4-3-5-11-29)22(16(2)27-15)35(33,34)30-12-8-17(9-13-30)23(31)28-20-14-18(25)6-7-19(20)26/h6-7,14,17,27H,3-5,8-13H2,1-2H3,(H,28,31). The molecule has 0 bridgehead atoms. The Labute approximate surface area is 203 Å². The molecule has 11 heteroatoms. The third kappa shape index (κ3) is 5.11. The predicted octanol–water partition coefficient (Wildman–Crippen LogP) is 3.58. The highest BCUT2D eigenvalue weighted by atomic mass is 32.2. The quantitative estimate of drug-likeness (QED) is 0.645. The summed E-state index contributed by atoms with van der Waals surface area (Å²) in [5.41, 5.74) is 0.863. The van der Waals surface area contributed by atoms with E-state index in [2.05, 4.69) is 10.3 Å². The Kier molecular flexibility index (Phi) is 7.27. The van der Waals surface area contributed by atoms with Gasteiger partial charge in [0.05, 0.1) is 11.3 Å². The number of nitrogens with zero attached hydrogens (tertiary/aromatic N) is 2. The number of rotatable bonds is 5. The number of anilines is 1. The second-order valence-electron chi connectivity index (χ2n) is 9.22. The van der Waals surface area contributed by atoms with E-state index in [0.717, 1.165) is 37.5 Å². The number of hydrogen-bond acceptors (Lipinski definition) is 4. The number of aromatic amines is 1. The van der Waals surface area contributed by atoms with Gasteiger partial charge in [-0.1, -0.05) is 0 Å². The van der Waals surface area contributed by atoms with Gasteiger partial charge in [-0.2, -0.15) is 4.31 Å². The lowest BCUT2D eigenvalue weighted by Gasteiger charge is -2.31. The predicted molar refractivity (Wildman–Crippen MR) is 126 cm³/mol. The molecule has 0 spiro atoms. The summed E-state index contributed by atoms with van der Waals surface area (Å²) in [6.07, 6.45) is 3.28. The SMILES string of the molecule is Cc1[nH]c(C)c(S(=O)(=O)N2CCC(C(=O)Nc3cc(F)ccc3F)CC2)c1C(=O)N1CCCCC1. The first kappa shape index (κ1) is 25.3. The third-order valence-corrected chi connectivity index (χ3v) is 8.85. The van der Waals surface area contributed by atoms with Crippen LogP contribution in [0.3, 0.4) is 0 Å². The van der Waals surface area contributed by atoms with Gasteiger partial charge in [-0.25, -0.2) is 17.2 Å². The molecule has 0 radical (unpaired) electrons. The number of halogens is 2. The molecule has 4 rings (SSSR count). The van der Waals surface area contributed by atoms with E-state index in [1.54, 1.807) is 18.7 Å². The van der Waals surface area contributed by atoms with Crippen LogP contribution in [0.2, 0.25) is 0 Å². The second-order valence-corrected chi connectivity index (χ2v) is 11.1. The molecule has 2 aliphatic rings. The lowest BCUT2D eigenvalue weighted by atomic mass is 9.97. The summed E-state index contributed by atoms with van der Waals surface area (Å²) in [7, 11) is -3.99. The maximum absolute atomic E-state index is 13.9. The maximum atomic E-state index is 13.9. The Bertz CT molecular complexity index is 1230. The summed E-state index contributed by atoms with van der Waals surface area (Å²) < 4.78 is 55.8. The molecular weight excluding hydrogens is 478 g/mol. The number of piperidine rings is 2. The summed E-state index contributed by atoms with van der Waals surface area (Å²) in [5, 5.41) is 2.40. The van der Waals surface area contributed by atoms with E-state index in [1.165, 1.54) is 4.31 Å². The molecular formula is C24H30F2N4O4S. The van der Waals surface area contributed by atoms with Crippen LogP contribution in [0.25, 0.3) is 0 Å². The van der Waals surface area contributed by atoms with Crippen LogP contribution < -0.4 is 5.32 Å². The largest absolute Gasteiger partial charge is 0.361 e. The molecule has 1 aromatic heterocycles. The van der Waals surface area contributed by atoms with Crippen LogP contribution in [0.5, 0.6) is 0 Å². The minimum atomic E-state index is -3.99. The smallest absolute Gasteiger partial charge is 0.257 e. The number of benzene rings is 1. The molecule has 8 nitrogen and oxygen atoms in total. The van der Waals surface area contributed by atoms with Crippen molar-refractivity contribution in [3.05, 3.63) is 46.8 Å². The number of hydrogen-bond donors (Lipinski definition) is 2. The summed E-state index contributed by atoms with van der Waals surface area (Å²) >= 11 is 0. The molecule has 2 aromatic rings. The van der Waals surface area contributed by atoms with Crippen molar-refractivity contribution in [3.8, 4) is 0 Å². The number of carbonyl (C=O) groups excluding carboxylic acids is 2. The van der Waals surface area contributed by atoms with Crippen molar-refractivity contribution < 1.29 is 26.8 Å². The van der Waals surface area contributed by atoms with Crippen molar-refractivity contribution in [2.45, 2.75) is 50.8 Å². The average Bonchev–Trinajstić information content (AvgIpc) is 3.15. The van der Waals surface area contributed by atoms with Crippen molar-refractivity contribution in [2.24, 2.45) is 5.92 Å². The molecule has 190 valence electrons. The first-order chi connectivity index (χ1) is 16.6. The summed E-state index contributed by atoms with van der Waals surface area (Å²) in [5.74, 6) is -2.73. The molecule has 0 atom stereocenters. The van der Waals surface area contributed by atoms with Crippen LogP contribution in [0, 0.1) is 31.4 Å². The number of nitrogens with one attached hydrogen (secondary N) is 2. The Morgan fingerprint density at radius 2 is 1.66 bits per heavy atom. The molecule has 0 aliphatic carbocycles. The Morgan fingerprint density at radius 1 is 1.00 bits per heavy atom. The van der Waals surface area contributed by atoms with Crippen molar-refractivity contribution >= 4 is 27.5 Å². The van der Waals surface area contributed by atoms with Gasteiger partial charge in [-0.05, 0) is 58.1 Å². The van der Waals surface area contributed by atoms with Crippen LogP contribution in [0.4, 0.5) is 14.5 Å². The van der Waals surface area contributed by atoms with E-state index < -0.39 is 33.5 Å². The monoisotopic (exact) mass is 508 g/mol. The molecule has 2 aliphatic heterocycles. The van der Waals surface area contributed by atoms with Crippen molar-refractivity contribution in [3.63, 3.8) is 0 Å². The fourth-order valence-electron chi connectivity index (χ4n) is 4.91. The first-order valence-corrected chi connectivity index (χ1v) is 13.3. The minimum Gasteiger partial charge on any atom is -0.361 e. The minimum absolute atomic E-state index is 0.00435. The molecule has 2 saturated heterocycles. The number of likely N-dealkylation sites (tertiary alicyclic amines) is 1. The van der Waals surface area contributed by atoms with Gasteiger partial charge < -0.3 is 15.2 Å². The van der Waals surface area contributed by atoms with Crippen LogP contribution in [0.15, 0.2) is 23.1 Å². The number of aryl methyl sites for hydroxylation is 2. The summed E-state index contributed by atoms with van der Waals surface area (Å²) in [6, 6.07) is 2.80. The third-order valence-electron chi connectivity index (χ3n) is 6.78. The van der Waals surface area contributed by atoms with E-state index in [1.807, 2.05) is 0 Å². The number of carbonyl (C=O) groups is 2. The highest BCUT2D eigenvalue weighted by Crippen LogP contribution is 2.32. The molecule has 3 heterocycles. The van der Waals surface area contributed by atoms with Crippen LogP contribution >= 0.6 is 0 Å². The lowest BCUT2D eigenvalue weighted by molar-refractivity contribution is -0.120. The normalized spacial score (nSPS) is 18.0. The highest BCUT2D eigenvalue weighted by molar-refractivity contribution is 7.89. The van der Waals surface area contributed by atoms with Crippen molar-refractivity contribution in [1.82, 2.24) is 14.2 Å². The summed E-state index contributed by atoms with van der Waals surface area (Å²) in [6.45, 7) is 4.70. The number of sulfonamides is 1. The first-order valence-electron chi connectivity index (χ1n) is 11.8. The van der Waals surface area contributed by atoms with Gasteiger partial charge in [0.2, 0.25) is 15.9 Å². The molecule has 2 fully saturated rings. The molecule has 1 aromatic carbocycles. The number of H-pyrrole nitrogens is 1. The lowest BCUT2D eigenvalue weighted by Crippen LogP contribution is -2.42. The van der Waals surface area contributed by atoms with Gasteiger partial charge in [0.1, 0.15) is 16.5 Å². The van der Waals surface area contributed by atoms with Gasteiger partial charge in [0, 0.05) is 49.6 Å². The van der Waals surface area contributed by atoms with Crippen molar-refractivity contribution in [1.29, 1.82) is 0 Å². The highest BCUT2D eigenvalue weighted by Gasteiger charge is 2.38. The van der Waals surface area contributed by atoms with Gasteiger partial charge in [-0.15, -0.1) is 0 Å². The Morgan fingerprint density at radius 3 is 2.31 bits per heavy atom. The maximum Gasteiger partial charge on any atom is 0.257 e. The molecule has 2 N–H and O–H groups in total. The van der Waals surface area contributed by atoms with Gasteiger partial charge >= 0.3 is 0 Å². The van der Waals surface area contributed by atoms with E-state index >= 15 is 0 Å². The second kappa shape index (κ2) is 10.1. The Hall–Kier alpha value is -2.79. The topological polar surface area (TPSA) is 103 Å². The van der Waals surface area contributed by atoms with E-state index in [4.69, 9.17) is 0 Å². The molecule has 35 heavy (non-hydrogen) atoms. The molecule has 2 amide bonds. The van der Waals surface area contributed by atoms with Crippen LogP contribution in [-0.4, -0.2) is 60.6 Å². The summed E-state index contributed by atoms with van der Waals surface area (Å²) in [4.78, 5) is 30.6. The Balaban J connectivity index is 1.49. The van der Waals surface area contributed by atoms with Gasteiger partial charge in [0.25, 0.3) is 5.91 Å². The van der Waals surface area contributed by atoms with E-state index in [-0.39, 0.29) is 48.0 Å².